The highest BCUT2D eigenvalue weighted by atomic mass is 32.1. The minimum atomic E-state index is -0.257. The molecule has 194 valence electrons. The molecule has 11 heteroatoms. The molecule has 0 radical (unpaired) electrons. The van der Waals surface area contributed by atoms with Crippen LogP contribution in [0.2, 0.25) is 0 Å². The van der Waals surface area contributed by atoms with Crippen LogP contribution in [-0.4, -0.2) is 56.6 Å². The number of carbonyl (C=O) groups is 1. The third kappa shape index (κ3) is 6.05. The molecule has 3 heterocycles. The van der Waals surface area contributed by atoms with Crippen LogP contribution in [0.5, 0.6) is 0 Å². The Hall–Kier alpha value is -3.99. The number of amides is 1. The number of hydrogen-bond acceptors (Lipinski definition) is 8. The molecule has 10 nitrogen and oxygen atoms in total. The number of hydrogen-bond donors (Lipinski definition) is 2. The van der Waals surface area contributed by atoms with Gasteiger partial charge in [-0.15, -0.1) is 16.4 Å². The predicted molar refractivity (Wildman–Crippen MR) is 147 cm³/mol. The van der Waals surface area contributed by atoms with Crippen LogP contribution in [0.25, 0.3) is 21.8 Å². The van der Waals surface area contributed by atoms with Gasteiger partial charge in [0.05, 0.1) is 10.6 Å². The first kappa shape index (κ1) is 26.1. The zero-order chi connectivity index (χ0) is 26.4. The number of tetrazole rings is 1. The van der Waals surface area contributed by atoms with Gasteiger partial charge in [-0.3, -0.25) is 9.59 Å². The number of rotatable bonds is 11. The summed E-state index contributed by atoms with van der Waals surface area (Å²) in [5, 5.41) is 16.3. The van der Waals surface area contributed by atoms with Crippen molar-refractivity contribution in [2.24, 2.45) is 0 Å². The normalized spacial score (nSPS) is 11.0. The van der Waals surface area contributed by atoms with Crippen LogP contribution in [0.3, 0.4) is 0 Å². The second-order valence-electron chi connectivity index (χ2n) is 9.08. The molecule has 3 aromatic heterocycles. The van der Waals surface area contributed by atoms with Gasteiger partial charge in [-0.1, -0.05) is 44.0 Å². The van der Waals surface area contributed by atoms with Gasteiger partial charge in [0, 0.05) is 38.9 Å². The van der Waals surface area contributed by atoms with Crippen molar-refractivity contribution in [1.82, 2.24) is 30.1 Å². The Kier molecular flexibility index (Phi) is 8.34. The topological polar surface area (TPSA) is 126 Å². The number of aromatic nitrogens is 5. The lowest BCUT2D eigenvalue weighted by atomic mass is 10.0. The summed E-state index contributed by atoms with van der Waals surface area (Å²) >= 11 is 1.58. The first-order valence-corrected chi connectivity index (χ1v) is 13.1. The van der Waals surface area contributed by atoms with Gasteiger partial charge < -0.3 is 20.1 Å². The van der Waals surface area contributed by atoms with Gasteiger partial charge in [-0.05, 0) is 45.5 Å². The van der Waals surface area contributed by atoms with Gasteiger partial charge in [0.15, 0.2) is 5.82 Å². The third-order valence-electron chi connectivity index (χ3n) is 6.19. The van der Waals surface area contributed by atoms with E-state index < -0.39 is 0 Å². The van der Waals surface area contributed by atoms with Gasteiger partial charge >= 0.3 is 0 Å². The lowest BCUT2D eigenvalue weighted by molar-refractivity contribution is -0.129. The van der Waals surface area contributed by atoms with Crippen LogP contribution >= 0.6 is 11.3 Å². The van der Waals surface area contributed by atoms with Gasteiger partial charge in [0.1, 0.15) is 12.2 Å². The first-order chi connectivity index (χ1) is 17.9. The SMILES string of the molecule is CCCCCN(Cc1ccc(-c2ccsc2-c2nnn[nH]2)cc1)c1c(N)ccn(CC(=O)N(C)C)c1=O. The zero-order valence-electron chi connectivity index (χ0n) is 21.3. The van der Waals surface area contributed by atoms with Crippen molar-refractivity contribution < 1.29 is 4.79 Å². The Labute approximate surface area is 219 Å². The van der Waals surface area contributed by atoms with Crippen LogP contribution in [0.1, 0.15) is 31.7 Å². The molecule has 0 spiro atoms. The van der Waals surface area contributed by atoms with E-state index in [2.05, 4.69) is 57.9 Å². The van der Waals surface area contributed by atoms with Gasteiger partial charge in [0.2, 0.25) is 5.91 Å². The number of unbranched alkanes of at least 4 members (excludes halogenated alkanes) is 2. The number of nitrogens with two attached hydrogens (primary N) is 1. The van der Waals surface area contributed by atoms with Crippen molar-refractivity contribution in [1.29, 1.82) is 0 Å². The molecule has 0 fully saturated rings. The molecule has 0 aliphatic rings. The number of benzene rings is 1. The van der Waals surface area contributed by atoms with E-state index in [-0.39, 0.29) is 18.0 Å². The molecule has 0 aliphatic carbocycles. The van der Waals surface area contributed by atoms with Crippen LogP contribution in [-0.2, 0) is 17.9 Å². The Bertz CT molecular complexity index is 1380. The summed E-state index contributed by atoms with van der Waals surface area (Å²) < 4.78 is 1.43. The van der Waals surface area contributed by atoms with Gasteiger partial charge in [0.25, 0.3) is 5.56 Å². The van der Waals surface area contributed by atoms with Crippen molar-refractivity contribution in [3.63, 3.8) is 0 Å². The molecule has 0 saturated carbocycles. The van der Waals surface area contributed by atoms with Crippen LogP contribution in [0.15, 0.2) is 52.8 Å². The second-order valence-corrected chi connectivity index (χ2v) is 10.00. The molecule has 4 aromatic rings. The quantitative estimate of drug-likeness (QED) is 0.289. The van der Waals surface area contributed by atoms with E-state index in [9.17, 15) is 9.59 Å². The number of pyridine rings is 1. The highest BCUT2D eigenvalue weighted by molar-refractivity contribution is 7.14. The molecule has 0 saturated heterocycles. The largest absolute Gasteiger partial charge is 0.397 e. The van der Waals surface area contributed by atoms with Crippen molar-refractivity contribution in [2.45, 2.75) is 39.3 Å². The Morgan fingerprint density at radius 3 is 2.59 bits per heavy atom. The molecule has 0 aliphatic heterocycles. The molecule has 0 unspecified atom stereocenters. The number of nitrogens with one attached hydrogen (secondary N) is 1. The van der Waals surface area contributed by atoms with Crippen LogP contribution in [0, 0.1) is 0 Å². The average molecular weight is 521 g/mol. The molecule has 0 bridgehead atoms. The maximum Gasteiger partial charge on any atom is 0.276 e. The molecule has 1 aromatic carbocycles. The van der Waals surface area contributed by atoms with Crippen molar-refractivity contribution in [2.75, 3.05) is 31.3 Å². The molecule has 0 atom stereocenters. The fourth-order valence-corrected chi connectivity index (χ4v) is 4.97. The van der Waals surface area contributed by atoms with E-state index in [0.717, 1.165) is 40.8 Å². The van der Waals surface area contributed by atoms with E-state index in [0.29, 0.717) is 30.3 Å². The summed E-state index contributed by atoms with van der Waals surface area (Å²) in [7, 11) is 3.35. The Morgan fingerprint density at radius 2 is 1.92 bits per heavy atom. The summed E-state index contributed by atoms with van der Waals surface area (Å²) in [6.07, 6.45) is 4.64. The number of aromatic amines is 1. The molecule has 4 rings (SSSR count). The van der Waals surface area contributed by atoms with E-state index >= 15 is 0 Å². The highest BCUT2D eigenvalue weighted by Gasteiger charge is 2.19. The highest BCUT2D eigenvalue weighted by Crippen LogP contribution is 2.35. The van der Waals surface area contributed by atoms with Crippen molar-refractivity contribution in [3.8, 4) is 21.8 Å². The van der Waals surface area contributed by atoms with Crippen LogP contribution in [0.4, 0.5) is 11.4 Å². The van der Waals surface area contributed by atoms with Gasteiger partial charge in [-0.25, -0.2) is 5.10 Å². The van der Waals surface area contributed by atoms with E-state index in [1.165, 1.54) is 9.47 Å². The summed E-state index contributed by atoms with van der Waals surface area (Å²) in [6, 6.07) is 12.0. The number of thiophene rings is 1. The number of likely N-dealkylation sites (N-methyl/N-ethyl adjacent to an activating group) is 1. The minimum absolute atomic E-state index is 0.0275. The first-order valence-electron chi connectivity index (χ1n) is 12.2. The van der Waals surface area contributed by atoms with E-state index in [1.807, 2.05) is 10.3 Å². The number of nitrogens with zero attached hydrogens (tertiary/aromatic N) is 6. The number of H-pyrrole nitrogens is 1. The molecule has 37 heavy (non-hydrogen) atoms. The predicted octanol–water partition coefficient (Wildman–Crippen LogP) is 3.62. The maximum absolute atomic E-state index is 13.4. The lowest BCUT2D eigenvalue weighted by Gasteiger charge is -2.26. The standard InChI is InChI=1S/C26H32N8O2S/c1-4-5-6-13-33(23-21(27)11-14-34(26(23)36)17-22(35)32(2)3)16-18-7-9-19(10-8-18)20-12-15-37-24(20)25-28-30-31-29-25/h7-12,14-15H,4-6,13,16-17,27H2,1-3H3,(H,28,29,30,31). The summed E-state index contributed by atoms with van der Waals surface area (Å²) in [6.45, 7) is 3.33. The average Bonchev–Trinajstić information content (AvgIpc) is 3.58. The molecule has 3 N–H and O–H groups in total. The van der Waals surface area contributed by atoms with Crippen molar-refractivity contribution in [3.05, 3.63) is 63.9 Å². The van der Waals surface area contributed by atoms with E-state index in [4.69, 9.17) is 5.73 Å². The molecular formula is C26H32N8O2S. The fraction of sp³-hybridized carbons (Fsp3) is 0.346. The molecular weight excluding hydrogens is 488 g/mol. The fourth-order valence-electron chi connectivity index (χ4n) is 4.11. The summed E-state index contributed by atoms with van der Waals surface area (Å²) in [5.41, 5.74) is 10.1. The van der Waals surface area contributed by atoms with Crippen molar-refractivity contribution >= 4 is 28.6 Å². The summed E-state index contributed by atoms with van der Waals surface area (Å²) in [4.78, 5) is 30.2. The third-order valence-corrected chi connectivity index (χ3v) is 7.11. The Balaban J connectivity index is 1.61. The number of anilines is 2. The smallest absolute Gasteiger partial charge is 0.276 e. The van der Waals surface area contributed by atoms with Crippen LogP contribution < -0.4 is 16.2 Å². The summed E-state index contributed by atoms with van der Waals surface area (Å²) in [5.74, 6) is 0.486. The zero-order valence-corrected chi connectivity index (χ0v) is 22.2. The second kappa shape index (κ2) is 11.8. The Morgan fingerprint density at radius 1 is 1.14 bits per heavy atom. The van der Waals surface area contributed by atoms with Gasteiger partial charge in [-0.2, -0.15) is 0 Å². The monoisotopic (exact) mass is 520 g/mol. The lowest BCUT2D eigenvalue weighted by Crippen LogP contribution is -2.36. The van der Waals surface area contributed by atoms with E-state index in [1.54, 1.807) is 37.7 Å². The molecule has 1 amide bonds. The number of nitrogen functional groups attached to an aromatic ring is 1. The minimum Gasteiger partial charge on any atom is -0.397 e. The number of carbonyl (C=O) groups excluding carboxylic acids is 1. The maximum atomic E-state index is 13.4.